The molecule has 180 valence electrons. The van der Waals surface area contributed by atoms with Crippen LogP contribution in [-0.4, -0.2) is 130 Å². The minimum atomic E-state index is -2.20. The maximum Gasteiger partial charge on any atom is 0.246 e. The Labute approximate surface area is 243 Å². The lowest BCUT2D eigenvalue weighted by Crippen LogP contribution is -2.96. The predicted octanol–water partition coefficient (Wildman–Crippen LogP) is -1.42. The summed E-state index contributed by atoms with van der Waals surface area (Å²) in [4.78, 5) is 6.36. The first-order valence-electron chi connectivity index (χ1n) is 12.0. The minimum Gasteiger partial charge on any atom is -0.394 e. The van der Waals surface area contributed by atoms with Gasteiger partial charge in [-0.1, -0.05) is 0 Å². The number of nitrogens with zero attached hydrogens (tertiary/aromatic N) is 5. The summed E-state index contributed by atoms with van der Waals surface area (Å²) >= 11 is 0. The first-order valence-corrected chi connectivity index (χ1v) is 12.0. The Balaban J connectivity index is 1.53. The number of hydrogen-bond donors (Lipinski definition) is 1. The quantitative estimate of drug-likeness (QED) is 0.422. The largest absolute Gasteiger partial charge is 0.394 e. The molecule has 1 N–H and O–H groups in total. The summed E-state index contributed by atoms with van der Waals surface area (Å²) in [6, 6.07) is 7.92. The Bertz CT molecular complexity index is 1420. The molecule has 2 aliphatic heterocycles. The molecule has 0 aliphatic carbocycles. The Morgan fingerprint density at radius 3 is 1.88 bits per heavy atom. The van der Waals surface area contributed by atoms with Gasteiger partial charge in [0.25, 0.3) is 0 Å². The fourth-order valence-corrected chi connectivity index (χ4v) is 5.14. The highest BCUT2D eigenvalue weighted by Gasteiger charge is 2.64. The average molecular weight is 515 g/mol. The number of hydrogen-bond acceptors (Lipinski definition) is 6. The number of ether oxygens (including phenoxy) is 1. The second kappa shape index (κ2) is 9.28. The molecule has 2 fully saturated rings. The Kier molecular flexibility index (Phi) is 6.74. The Morgan fingerprint density at radius 2 is 1.35 bits per heavy atom. The molecule has 18 radical (unpaired) electrons. The van der Waals surface area contributed by atoms with Crippen LogP contribution >= 0.6 is 0 Å². The van der Waals surface area contributed by atoms with E-state index in [2.05, 4.69) is 15.4 Å². The van der Waals surface area contributed by atoms with Gasteiger partial charge in [-0.15, -0.1) is 5.10 Å². The number of rotatable bonds is 5. The minimum absolute atomic E-state index is 0.0358. The Morgan fingerprint density at radius 1 is 0.775 bits per heavy atom. The van der Waals surface area contributed by atoms with E-state index in [-0.39, 0.29) is 30.5 Å². The van der Waals surface area contributed by atoms with Crippen LogP contribution in [-0.2, 0) is 4.74 Å². The maximum atomic E-state index is 13.7. The van der Waals surface area contributed by atoms with Crippen LogP contribution in [0.3, 0.4) is 0 Å². The van der Waals surface area contributed by atoms with Crippen LogP contribution in [0.5, 0.6) is 0 Å². The summed E-state index contributed by atoms with van der Waals surface area (Å²) < 4.78 is 33.8. The van der Waals surface area contributed by atoms with Crippen LogP contribution in [0, 0.1) is 18.6 Å². The van der Waals surface area contributed by atoms with Crippen molar-refractivity contribution in [2.45, 2.75) is 33.7 Å². The third-order valence-electron chi connectivity index (χ3n) is 7.09. The molecule has 0 spiro atoms. The molecular weight excluding hydrogens is 500 g/mol. The van der Waals surface area contributed by atoms with Gasteiger partial charge in [0.1, 0.15) is 25.8 Å². The number of aryl methyl sites for hydroxylation is 1. The van der Waals surface area contributed by atoms with Crippen molar-refractivity contribution in [3.8, 4) is 5.69 Å². The lowest BCUT2D eigenvalue weighted by molar-refractivity contribution is -0.126. The zero-order valence-electron chi connectivity index (χ0n) is 21.6. The third kappa shape index (κ3) is 4.37. The van der Waals surface area contributed by atoms with E-state index in [1.165, 1.54) is 11.0 Å². The second-order valence-corrected chi connectivity index (χ2v) is 10.4. The van der Waals surface area contributed by atoms with E-state index in [1.807, 2.05) is 0 Å². The van der Waals surface area contributed by atoms with Gasteiger partial charge >= 0.3 is 0 Å². The highest BCUT2D eigenvalue weighted by molar-refractivity contribution is 6.62. The summed E-state index contributed by atoms with van der Waals surface area (Å²) in [5, 5.41) is -1.55. The van der Waals surface area contributed by atoms with Crippen molar-refractivity contribution < 1.29 is 13.5 Å². The molecule has 5 rings (SSSR count). The molecule has 2 saturated heterocycles. The molecule has 0 atom stereocenters. The number of nitrogens with one attached hydrogen (secondary N) is 1. The summed E-state index contributed by atoms with van der Waals surface area (Å²) in [5.41, 5.74) is 0.116. The van der Waals surface area contributed by atoms with E-state index in [9.17, 15) is 8.78 Å². The second-order valence-electron chi connectivity index (χ2n) is 10.4. The van der Waals surface area contributed by atoms with Crippen LogP contribution in [0.15, 0.2) is 42.7 Å². The summed E-state index contributed by atoms with van der Waals surface area (Å²) in [7, 11) is 58.8. The van der Waals surface area contributed by atoms with E-state index < -0.39 is 38.4 Å². The zero-order chi connectivity index (χ0) is 29.5. The van der Waals surface area contributed by atoms with Gasteiger partial charge in [-0.3, -0.25) is 0 Å². The van der Waals surface area contributed by atoms with Gasteiger partial charge in [0.15, 0.2) is 0 Å². The molecule has 0 unspecified atom stereocenters. The molecule has 18 heteroatoms. The SMILES string of the molecule is [B]C1(N2C([B])([B])C([B])([B])N(c3cc(C)cc(Nc4ncn(-c5cc(F)cc(F)c5)n4)c3)C([B])([B])C2([B])[B])COC1. The number of benzene rings is 2. The van der Waals surface area contributed by atoms with Crippen molar-refractivity contribution in [2.75, 3.05) is 23.4 Å². The van der Waals surface area contributed by atoms with Gasteiger partial charge in [0.2, 0.25) is 5.95 Å². The molecule has 2 aliphatic rings. The van der Waals surface area contributed by atoms with Crippen molar-refractivity contribution in [2.24, 2.45) is 0 Å². The van der Waals surface area contributed by atoms with Crippen LogP contribution < -0.4 is 10.2 Å². The van der Waals surface area contributed by atoms with Crippen molar-refractivity contribution in [1.82, 2.24) is 19.7 Å². The van der Waals surface area contributed by atoms with E-state index in [0.29, 0.717) is 11.3 Å². The molecule has 3 aromatic rings. The van der Waals surface area contributed by atoms with Crippen LogP contribution in [0.25, 0.3) is 5.69 Å². The van der Waals surface area contributed by atoms with Gasteiger partial charge in [0, 0.05) is 22.9 Å². The maximum absolute atomic E-state index is 13.7. The number of piperazine rings is 1. The van der Waals surface area contributed by atoms with Crippen molar-refractivity contribution in [1.29, 1.82) is 0 Å². The van der Waals surface area contributed by atoms with E-state index in [4.69, 9.17) is 75.4 Å². The average Bonchev–Trinajstić information content (AvgIpc) is 3.24. The molecule has 0 saturated carbocycles. The Hall–Kier alpha value is -2.46. The summed E-state index contributed by atoms with van der Waals surface area (Å²) in [6.07, 6.45) is 1.28. The topological polar surface area (TPSA) is 58.5 Å². The van der Waals surface area contributed by atoms with Crippen molar-refractivity contribution in [3.63, 3.8) is 0 Å². The molecule has 40 heavy (non-hydrogen) atoms. The molecule has 2 aromatic carbocycles. The van der Waals surface area contributed by atoms with Gasteiger partial charge in [-0.05, 0) is 64.2 Å². The highest BCUT2D eigenvalue weighted by Crippen LogP contribution is 2.49. The molecule has 7 nitrogen and oxygen atoms in total. The molecule has 0 amide bonds. The summed E-state index contributed by atoms with van der Waals surface area (Å²) in [6.45, 7) is 1.70. The normalized spacial score (nSPS) is 22.3. The lowest BCUT2D eigenvalue weighted by atomic mass is 9.25. The molecule has 3 heterocycles. The predicted molar refractivity (Wildman–Crippen MR) is 156 cm³/mol. The van der Waals surface area contributed by atoms with Crippen molar-refractivity contribution >= 4 is 87.9 Å². The van der Waals surface area contributed by atoms with Crippen LogP contribution in [0.1, 0.15) is 5.56 Å². The third-order valence-corrected chi connectivity index (χ3v) is 7.09. The van der Waals surface area contributed by atoms with Gasteiger partial charge in [-0.25, -0.2) is 13.5 Å². The zero-order valence-corrected chi connectivity index (χ0v) is 21.6. The number of halogens is 2. The standard InChI is InChI=1S/C22H15B9F2N6O/c1-11-2-14(35-17-34-10-37(36-17)15-5-12(32)4-13(33)6-15)7-16(3-11)38-19(24,25)21(28,29)39(18(23)8-40-9-18)22(30,31)20(38,26)27/h2-7,10H,8-9H2,1H3,(H,35,36). The van der Waals surface area contributed by atoms with E-state index in [0.717, 1.165) is 28.0 Å². The fraction of sp³-hybridized carbons (Fsp3) is 0.364. The first kappa shape index (κ1) is 29.1. The lowest BCUT2D eigenvalue weighted by Gasteiger charge is -2.80. The number of anilines is 3. The highest BCUT2D eigenvalue weighted by atomic mass is 19.1. The van der Waals surface area contributed by atoms with Crippen molar-refractivity contribution in [3.05, 3.63) is 59.9 Å². The van der Waals surface area contributed by atoms with E-state index >= 15 is 0 Å². The molecular formula is C22H15B9F2N6O. The van der Waals surface area contributed by atoms with Crippen LogP contribution in [0.2, 0.25) is 0 Å². The smallest absolute Gasteiger partial charge is 0.246 e. The van der Waals surface area contributed by atoms with E-state index in [1.54, 1.807) is 25.1 Å². The first-order chi connectivity index (χ1) is 18.4. The molecule has 1 aromatic heterocycles. The van der Waals surface area contributed by atoms with Gasteiger partial charge < -0.3 is 19.9 Å². The molecule has 0 bridgehead atoms. The summed E-state index contributed by atoms with van der Waals surface area (Å²) in [5.74, 6) is -1.43. The fourth-order valence-electron chi connectivity index (χ4n) is 5.14. The van der Waals surface area contributed by atoms with Crippen LogP contribution in [0.4, 0.5) is 26.1 Å². The van der Waals surface area contributed by atoms with Gasteiger partial charge in [0.05, 0.1) is 81.7 Å². The monoisotopic (exact) mass is 516 g/mol. The number of aromatic nitrogens is 3. The van der Waals surface area contributed by atoms with Gasteiger partial charge in [-0.2, -0.15) is 4.98 Å².